The molecule has 4 heteroatoms. The van der Waals surface area contributed by atoms with Gasteiger partial charge in [-0.15, -0.1) is 0 Å². The van der Waals surface area contributed by atoms with Crippen LogP contribution >= 0.6 is 0 Å². The summed E-state index contributed by atoms with van der Waals surface area (Å²) in [6, 6.07) is 6.27. The molecule has 1 atom stereocenters. The molecule has 92 valence electrons. The summed E-state index contributed by atoms with van der Waals surface area (Å²) in [7, 11) is 0. The summed E-state index contributed by atoms with van der Waals surface area (Å²) in [6.07, 6.45) is 3.98. The Morgan fingerprint density at radius 3 is 2.88 bits per heavy atom. The molecule has 0 unspecified atom stereocenters. The van der Waals surface area contributed by atoms with Crippen molar-refractivity contribution in [1.82, 2.24) is 15.2 Å². The van der Waals surface area contributed by atoms with E-state index in [9.17, 15) is 4.79 Å². The second-order valence-electron chi connectivity index (χ2n) is 4.40. The van der Waals surface area contributed by atoms with Crippen molar-refractivity contribution in [2.45, 2.75) is 38.8 Å². The molecule has 0 saturated heterocycles. The van der Waals surface area contributed by atoms with E-state index >= 15 is 0 Å². The van der Waals surface area contributed by atoms with E-state index in [0.717, 1.165) is 18.5 Å². The fourth-order valence-electron chi connectivity index (χ4n) is 2.02. The van der Waals surface area contributed by atoms with Crippen molar-refractivity contribution in [3.63, 3.8) is 0 Å². The fourth-order valence-corrected chi connectivity index (χ4v) is 2.02. The van der Waals surface area contributed by atoms with Gasteiger partial charge in [0, 0.05) is 18.8 Å². The summed E-state index contributed by atoms with van der Waals surface area (Å²) < 4.78 is 0. The van der Waals surface area contributed by atoms with Gasteiger partial charge in [-0.25, -0.2) is 4.79 Å². The summed E-state index contributed by atoms with van der Waals surface area (Å²) in [6.45, 7) is 4.64. The average molecular weight is 233 g/mol. The summed E-state index contributed by atoms with van der Waals surface area (Å²) in [5.41, 5.74) is 0.950. The van der Waals surface area contributed by atoms with Crippen molar-refractivity contribution in [3.05, 3.63) is 30.1 Å². The molecule has 1 N–H and O–H groups in total. The van der Waals surface area contributed by atoms with Crippen LogP contribution in [0, 0.1) is 0 Å². The summed E-state index contributed by atoms with van der Waals surface area (Å²) >= 11 is 0. The molecule has 1 aromatic heterocycles. The van der Waals surface area contributed by atoms with Gasteiger partial charge in [0.15, 0.2) is 0 Å². The number of rotatable bonds is 4. The molecule has 0 bridgehead atoms. The van der Waals surface area contributed by atoms with Gasteiger partial charge in [0.1, 0.15) is 0 Å². The van der Waals surface area contributed by atoms with Crippen molar-refractivity contribution in [2.75, 3.05) is 6.54 Å². The van der Waals surface area contributed by atoms with Gasteiger partial charge in [-0.2, -0.15) is 0 Å². The van der Waals surface area contributed by atoms with Crippen LogP contribution < -0.4 is 5.32 Å². The lowest BCUT2D eigenvalue weighted by molar-refractivity contribution is 0.174. The SMILES string of the molecule is CCNC(=O)N(C1CC1)[C@@H](C)c1ccccn1. The molecule has 4 nitrogen and oxygen atoms in total. The Morgan fingerprint density at radius 2 is 2.35 bits per heavy atom. The first-order valence-corrected chi connectivity index (χ1v) is 6.21. The molecule has 1 saturated carbocycles. The highest BCUT2D eigenvalue weighted by molar-refractivity contribution is 5.75. The third-order valence-corrected chi connectivity index (χ3v) is 3.04. The second-order valence-corrected chi connectivity index (χ2v) is 4.40. The normalized spacial score (nSPS) is 16.4. The van der Waals surface area contributed by atoms with E-state index in [2.05, 4.69) is 10.3 Å². The zero-order valence-corrected chi connectivity index (χ0v) is 10.4. The molecule has 0 aromatic carbocycles. The Labute approximate surface area is 102 Å². The number of pyridine rings is 1. The molecule has 2 rings (SSSR count). The number of nitrogens with one attached hydrogen (secondary N) is 1. The number of hydrogen-bond donors (Lipinski definition) is 1. The van der Waals surface area contributed by atoms with E-state index in [-0.39, 0.29) is 12.1 Å². The van der Waals surface area contributed by atoms with E-state index in [1.54, 1.807) is 6.20 Å². The van der Waals surface area contributed by atoms with Gasteiger partial charge in [-0.3, -0.25) is 4.98 Å². The zero-order chi connectivity index (χ0) is 12.3. The maximum absolute atomic E-state index is 12.0. The van der Waals surface area contributed by atoms with E-state index in [1.165, 1.54) is 0 Å². The van der Waals surface area contributed by atoms with Crippen LogP contribution in [0.2, 0.25) is 0 Å². The monoisotopic (exact) mass is 233 g/mol. The Kier molecular flexibility index (Phi) is 3.61. The molecule has 1 aliphatic rings. The highest BCUT2D eigenvalue weighted by Crippen LogP contribution is 2.33. The van der Waals surface area contributed by atoms with Gasteiger partial charge >= 0.3 is 6.03 Å². The quantitative estimate of drug-likeness (QED) is 0.867. The van der Waals surface area contributed by atoms with Gasteiger partial charge < -0.3 is 10.2 Å². The fraction of sp³-hybridized carbons (Fsp3) is 0.538. The molecular formula is C13H19N3O. The lowest BCUT2D eigenvalue weighted by Crippen LogP contribution is -2.42. The van der Waals surface area contributed by atoms with Crippen LogP contribution in [-0.2, 0) is 0 Å². The first-order chi connectivity index (χ1) is 8.24. The van der Waals surface area contributed by atoms with Crippen molar-refractivity contribution < 1.29 is 4.79 Å². The van der Waals surface area contributed by atoms with Gasteiger partial charge in [-0.05, 0) is 38.8 Å². The van der Waals surface area contributed by atoms with E-state index in [1.807, 2.05) is 36.9 Å². The molecule has 2 amide bonds. The van der Waals surface area contributed by atoms with Crippen LogP contribution in [0.3, 0.4) is 0 Å². The number of amides is 2. The van der Waals surface area contributed by atoms with E-state index < -0.39 is 0 Å². The Morgan fingerprint density at radius 1 is 1.59 bits per heavy atom. The Balaban J connectivity index is 2.13. The lowest BCUT2D eigenvalue weighted by Gasteiger charge is -2.28. The van der Waals surface area contributed by atoms with E-state index in [4.69, 9.17) is 0 Å². The van der Waals surface area contributed by atoms with Crippen LogP contribution in [0.25, 0.3) is 0 Å². The number of nitrogens with zero attached hydrogens (tertiary/aromatic N) is 2. The molecule has 0 aliphatic heterocycles. The lowest BCUT2D eigenvalue weighted by atomic mass is 10.2. The third kappa shape index (κ3) is 2.75. The largest absolute Gasteiger partial charge is 0.338 e. The molecule has 1 aliphatic carbocycles. The summed E-state index contributed by atoms with van der Waals surface area (Å²) in [4.78, 5) is 18.3. The van der Waals surface area contributed by atoms with Gasteiger partial charge in [0.2, 0.25) is 0 Å². The molecule has 1 aromatic rings. The first kappa shape index (κ1) is 11.9. The third-order valence-electron chi connectivity index (χ3n) is 3.04. The second kappa shape index (κ2) is 5.17. The number of carbonyl (C=O) groups is 1. The van der Waals surface area contributed by atoms with E-state index in [0.29, 0.717) is 12.6 Å². The smallest absolute Gasteiger partial charge is 0.318 e. The van der Waals surface area contributed by atoms with Crippen molar-refractivity contribution in [1.29, 1.82) is 0 Å². The predicted molar refractivity (Wildman–Crippen MR) is 66.6 cm³/mol. The minimum atomic E-state index is 0.0214. The van der Waals surface area contributed by atoms with Crippen LogP contribution in [0.15, 0.2) is 24.4 Å². The molecule has 0 radical (unpaired) electrons. The number of hydrogen-bond acceptors (Lipinski definition) is 2. The van der Waals surface area contributed by atoms with Gasteiger partial charge in [-0.1, -0.05) is 6.07 Å². The number of urea groups is 1. The topological polar surface area (TPSA) is 45.2 Å². The maximum Gasteiger partial charge on any atom is 0.318 e. The van der Waals surface area contributed by atoms with Crippen LogP contribution in [-0.4, -0.2) is 28.5 Å². The van der Waals surface area contributed by atoms with Crippen molar-refractivity contribution in [3.8, 4) is 0 Å². The van der Waals surface area contributed by atoms with Crippen LogP contribution in [0.4, 0.5) is 4.79 Å². The maximum atomic E-state index is 12.0. The minimum Gasteiger partial charge on any atom is -0.338 e. The number of aromatic nitrogens is 1. The highest BCUT2D eigenvalue weighted by Gasteiger charge is 2.36. The molecule has 0 spiro atoms. The zero-order valence-electron chi connectivity index (χ0n) is 10.4. The van der Waals surface area contributed by atoms with Crippen LogP contribution in [0.5, 0.6) is 0 Å². The summed E-state index contributed by atoms with van der Waals surface area (Å²) in [5, 5.41) is 2.88. The number of carbonyl (C=O) groups excluding carboxylic acids is 1. The van der Waals surface area contributed by atoms with Crippen LogP contribution in [0.1, 0.15) is 38.4 Å². The summed E-state index contributed by atoms with van der Waals surface area (Å²) in [5.74, 6) is 0. The van der Waals surface area contributed by atoms with Gasteiger partial charge in [0.25, 0.3) is 0 Å². The Bertz CT molecular complexity index is 376. The molecule has 17 heavy (non-hydrogen) atoms. The van der Waals surface area contributed by atoms with Crippen molar-refractivity contribution >= 4 is 6.03 Å². The Hall–Kier alpha value is -1.58. The molecule has 1 fully saturated rings. The minimum absolute atomic E-state index is 0.0214. The highest BCUT2D eigenvalue weighted by atomic mass is 16.2. The van der Waals surface area contributed by atoms with Crippen molar-refractivity contribution in [2.24, 2.45) is 0 Å². The standard InChI is InChI=1S/C13H19N3O/c1-3-14-13(17)16(11-7-8-11)10(2)12-6-4-5-9-15-12/h4-6,9-11H,3,7-8H2,1-2H3,(H,14,17)/t10-/m0/s1. The molecule has 1 heterocycles. The predicted octanol–water partition coefficient (Wildman–Crippen LogP) is 2.34. The van der Waals surface area contributed by atoms with Gasteiger partial charge in [0.05, 0.1) is 11.7 Å². The average Bonchev–Trinajstić information content (AvgIpc) is 3.15. The first-order valence-electron chi connectivity index (χ1n) is 6.21. The molecular weight excluding hydrogens is 214 g/mol.